The van der Waals surface area contributed by atoms with Gasteiger partial charge in [0.2, 0.25) is 0 Å². The highest BCUT2D eigenvalue weighted by molar-refractivity contribution is 5.69. The van der Waals surface area contributed by atoms with E-state index in [1.807, 2.05) is 26.0 Å². The Morgan fingerprint density at radius 2 is 2.11 bits per heavy atom. The smallest absolute Gasteiger partial charge is 0.304 e. The standard InChI is InChI=1S/C16H22O3/c1-15(2,10-14(17)18)12-5-6-13-11(9-12)7-8-16(3,4)19-13/h5-6,9H,7-8,10H2,1-4H3,(H,17,18). The molecule has 104 valence electrons. The second-order valence-electron chi connectivity index (χ2n) is 6.64. The molecule has 1 aliphatic rings. The molecular formula is C16H22O3. The maximum absolute atomic E-state index is 10.9. The predicted molar refractivity (Wildman–Crippen MR) is 74.7 cm³/mol. The molecule has 1 heterocycles. The van der Waals surface area contributed by atoms with E-state index in [9.17, 15) is 4.79 Å². The number of benzene rings is 1. The molecule has 0 saturated carbocycles. The summed E-state index contributed by atoms with van der Waals surface area (Å²) in [5.74, 6) is 0.172. The summed E-state index contributed by atoms with van der Waals surface area (Å²) in [6.07, 6.45) is 2.11. The molecular weight excluding hydrogens is 240 g/mol. The SMILES string of the molecule is CC1(C)CCc2cc(C(C)(C)CC(=O)O)ccc2O1. The lowest BCUT2D eigenvalue weighted by Crippen LogP contribution is -2.32. The average Bonchev–Trinajstić information content (AvgIpc) is 2.25. The van der Waals surface area contributed by atoms with Gasteiger partial charge in [-0.15, -0.1) is 0 Å². The largest absolute Gasteiger partial charge is 0.488 e. The molecule has 0 saturated heterocycles. The third-order valence-corrected chi connectivity index (χ3v) is 3.82. The number of carboxylic acids is 1. The molecule has 1 aliphatic heterocycles. The van der Waals surface area contributed by atoms with E-state index in [-0.39, 0.29) is 17.4 Å². The molecule has 3 heteroatoms. The van der Waals surface area contributed by atoms with Crippen LogP contribution >= 0.6 is 0 Å². The van der Waals surface area contributed by atoms with Gasteiger partial charge in [-0.25, -0.2) is 0 Å². The van der Waals surface area contributed by atoms with Crippen LogP contribution in [0.5, 0.6) is 5.75 Å². The van der Waals surface area contributed by atoms with E-state index < -0.39 is 5.97 Å². The summed E-state index contributed by atoms with van der Waals surface area (Å²) in [5, 5.41) is 8.99. The molecule has 0 radical (unpaired) electrons. The van der Waals surface area contributed by atoms with Crippen LogP contribution in [0.25, 0.3) is 0 Å². The van der Waals surface area contributed by atoms with E-state index in [1.165, 1.54) is 5.56 Å². The second kappa shape index (κ2) is 4.55. The van der Waals surface area contributed by atoms with Gasteiger partial charge in [-0.2, -0.15) is 0 Å². The highest BCUT2D eigenvalue weighted by Gasteiger charge is 2.29. The van der Waals surface area contributed by atoms with Crippen LogP contribution in [-0.4, -0.2) is 16.7 Å². The van der Waals surface area contributed by atoms with Crippen molar-refractivity contribution >= 4 is 5.97 Å². The van der Waals surface area contributed by atoms with Gasteiger partial charge in [0.15, 0.2) is 0 Å². The molecule has 0 fully saturated rings. The second-order valence-corrected chi connectivity index (χ2v) is 6.64. The summed E-state index contributed by atoms with van der Waals surface area (Å²) in [6, 6.07) is 6.08. The van der Waals surface area contributed by atoms with Gasteiger partial charge in [0, 0.05) is 5.41 Å². The first kappa shape index (κ1) is 13.9. The summed E-state index contributed by atoms with van der Waals surface area (Å²) < 4.78 is 5.95. The average molecular weight is 262 g/mol. The maximum Gasteiger partial charge on any atom is 0.304 e. The third-order valence-electron chi connectivity index (χ3n) is 3.82. The van der Waals surface area contributed by atoms with Crippen molar-refractivity contribution in [3.8, 4) is 5.75 Å². The quantitative estimate of drug-likeness (QED) is 0.906. The Morgan fingerprint density at radius 3 is 2.74 bits per heavy atom. The summed E-state index contributed by atoms with van der Waals surface area (Å²) in [6.45, 7) is 8.13. The van der Waals surface area contributed by atoms with Gasteiger partial charge in [-0.1, -0.05) is 26.0 Å². The molecule has 0 spiro atoms. The van der Waals surface area contributed by atoms with Crippen LogP contribution in [0.2, 0.25) is 0 Å². The molecule has 0 aromatic heterocycles. The van der Waals surface area contributed by atoms with Gasteiger partial charge in [-0.05, 0) is 43.9 Å². The Kier molecular flexibility index (Phi) is 3.33. The van der Waals surface area contributed by atoms with E-state index in [1.54, 1.807) is 0 Å². The molecule has 0 atom stereocenters. The van der Waals surface area contributed by atoms with E-state index in [2.05, 4.69) is 19.9 Å². The van der Waals surface area contributed by atoms with Crippen molar-refractivity contribution in [2.45, 2.75) is 58.0 Å². The van der Waals surface area contributed by atoms with E-state index in [0.717, 1.165) is 24.2 Å². The highest BCUT2D eigenvalue weighted by Crippen LogP contribution is 2.36. The molecule has 1 aromatic rings. The zero-order valence-corrected chi connectivity index (χ0v) is 12.1. The Bertz CT molecular complexity index is 501. The maximum atomic E-state index is 10.9. The Balaban J connectivity index is 2.30. The zero-order valence-electron chi connectivity index (χ0n) is 12.1. The summed E-state index contributed by atoms with van der Waals surface area (Å²) in [4.78, 5) is 10.9. The van der Waals surface area contributed by atoms with Crippen LogP contribution in [0.1, 0.15) is 51.7 Å². The fraction of sp³-hybridized carbons (Fsp3) is 0.562. The third kappa shape index (κ3) is 3.09. The number of fused-ring (bicyclic) bond motifs is 1. The Labute approximate surface area is 114 Å². The number of hydrogen-bond donors (Lipinski definition) is 1. The first-order valence-corrected chi connectivity index (χ1v) is 6.74. The first-order valence-electron chi connectivity index (χ1n) is 6.74. The summed E-state index contributed by atoms with van der Waals surface area (Å²) in [5.41, 5.74) is 1.80. The van der Waals surface area contributed by atoms with Gasteiger partial charge in [-0.3, -0.25) is 4.79 Å². The molecule has 2 rings (SSSR count). The molecule has 1 N–H and O–H groups in total. The number of rotatable bonds is 3. The van der Waals surface area contributed by atoms with Gasteiger partial charge in [0.1, 0.15) is 11.4 Å². The topological polar surface area (TPSA) is 46.5 Å². The fourth-order valence-corrected chi connectivity index (χ4v) is 2.56. The lowest BCUT2D eigenvalue weighted by atomic mass is 9.80. The number of aryl methyl sites for hydroxylation is 1. The van der Waals surface area contributed by atoms with Crippen LogP contribution in [0.15, 0.2) is 18.2 Å². The lowest BCUT2D eigenvalue weighted by Gasteiger charge is -2.34. The monoisotopic (exact) mass is 262 g/mol. The molecule has 0 amide bonds. The Hall–Kier alpha value is -1.51. The predicted octanol–water partition coefficient (Wildman–Crippen LogP) is 3.54. The van der Waals surface area contributed by atoms with Crippen molar-refractivity contribution in [2.24, 2.45) is 0 Å². The normalized spacial score (nSPS) is 17.5. The lowest BCUT2D eigenvalue weighted by molar-refractivity contribution is -0.138. The minimum absolute atomic E-state index is 0.106. The van der Waals surface area contributed by atoms with Crippen molar-refractivity contribution in [2.75, 3.05) is 0 Å². The fourth-order valence-electron chi connectivity index (χ4n) is 2.56. The number of carbonyl (C=O) groups is 1. The molecule has 0 bridgehead atoms. The Morgan fingerprint density at radius 1 is 1.42 bits per heavy atom. The number of carboxylic acid groups (broad SMARTS) is 1. The van der Waals surface area contributed by atoms with Gasteiger partial charge in [0.25, 0.3) is 0 Å². The van der Waals surface area contributed by atoms with Crippen LogP contribution in [0.4, 0.5) is 0 Å². The number of ether oxygens (including phenoxy) is 1. The minimum atomic E-state index is -0.764. The molecule has 3 nitrogen and oxygen atoms in total. The van der Waals surface area contributed by atoms with Crippen molar-refractivity contribution in [1.29, 1.82) is 0 Å². The summed E-state index contributed by atoms with van der Waals surface area (Å²) in [7, 11) is 0. The van der Waals surface area contributed by atoms with Crippen LogP contribution < -0.4 is 4.74 Å². The summed E-state index contributed by atoms with van der Waals surface area (Å²) >= 11 is 0. The van der Waals surface area contributed by atoms with Crippen LogP contribution in [-0.2, 0) is 16.6 Å². The number of hydrogen-bond acceptors (Lipinski definition) is 2. The van der Waals surface area contributed by atoms with Gasteiger partial charge < -0.3 is 9.84 Å². The van der Waals surface area contributed by atoms with Gasteiger partial charge in [0.05, 0.1) is 6.42 Å². The molecule has 0 unspecified atom stereocenters. The van der Waals surface area contributed by atoms with Crippen molar-refractivity contribution in [3.05, 3.63) is 29.3 Å². The number of aliphatic carboxylic acids is 1. The minimum Gasteiger partial charge on any atom is -0.488 e. The highest BCUT2D eigenvalue weighted by atomic mass is 16.5. The van der Waals surface area contributed by atoms with Crippen LogP contribution in [0, 0.1) is 0 Å². The van der Waals surface area contributed by atoms with E-state index in [4.69, 9.17) is 9.84 Å². The van der Waals surface area contributed by atoms with Crippen molar-refractivity contribution in [1.82, 2.24) is 0 Å². The first-order chi connectivity index (χ1) is 8.70. The van der Waals surface area contributed by atoms with E-state index in [0.29, 0.717) is 0 Å². The molecule has 19 heavy (non-hydrogen) atoms. The van der Waals surface area contributed by atoms with E-state index >= 15 is 0 Å². The molecule has 0 aliphatic carbocycles. The zero-order chi connectivity index (χ0) is 14.3. The van der Waals surface area contributed by atoms with Gasteiger partial charge >= 0.3 is 5.97 Å². The molecule has 1 aromatic carbocycles. The van der Waals surface area contributed by atoms with Crippen molar-refractivity contribution in [3.63, 3.8) is 0 Å². The van der Waals surface area contributed by atoms with Crippen molar-refractivity contribution < 1.29 is 14.6 Å². The van der Waals surface area contributed by atoms with Crippen LogP contribution in [0.3, 0.4) is 0 Å².